The molecule has 1 unspecified atom stereocenters. The molecule has 0 aliphatic heterocycles. The van der Waals surface area contributed by atoms with E-state index in [0.29, 0.717) is 17.6 Å². The molecule has 0 amide bonds. The average Bonchev–Trinajstić information content (AvgIpc) is 2.74. The largest absolute Gasteiger partial charge is 0.508 e. The molecule has 2 nitrogen and oxygen atoms in total. The highest BCUT2D eigenvalue weighted by atomic mass is 16.3. The lowest BCUT2D eigenvalue weighted by atomic mass is 9.55. The van der Waals surface area contributed by atoms with Crippen molar-refractivity contribution in [2.24, 2.45) is 17.3 Å². The molecule has 2 heteroatoms. The van der Waals surface area contributed by atoms with Crippen LogP contribution in [-0.2, 0) is 6.42 Å². The van der Waals surface area contributed by atoms with Crippen LogP contribution in [0.1, 0.15) is 56.1 Å². The third-order valence-corrected chi connectivity index (χ3v) is 6.66. The summed E-state index contributed by atoms with van der Waals surface area (Å²) in [5.41, 5.74) is 2.99. The summed E-state index contributed by atoms with van der Waals surface area (Å²) in [5.74, 6) is 2.49. The summed E-state index contributed by atoms with van der Waals surface area (Å²) in [6.07, 6.45) is 6.78. The topological polar surface area (TPSA) is 40.5 Å². The number of phenols is 1. The minimum atomic E-state index is -0.0883. The number of fused-ring (bicyclic) bond motifs is 5. The number of hydrogen-bond donors (Lipinski definition) is 2. The fraction of sp³-hybridized carbons (Fsp3) is 0.667. The molecular weight excluding hydrogens is 248 g/mol. The third-order valence-electron chi connectivity index (χ3n) is 6.66. The Kier molecular flexibility index (Phi) is 2.69. The average molecular weight is 272 g/mol. The highest BCUT2D eigenvalue weighted by Gasteiger charge is 2.54. The molecule has 2 fully saturated rings. The predicted octanol–water partition coefficient (Wildman–Crippen LogP) is 3.61. The van der Waals surface area contributed by atoms with E-state index >= 15 is 0 Å². The minimum Gasteiger partial charge on any atom is -0.508 e. The van der Waals surface area contributed by atoms with E-state index in [9.17, 15) is 10.2 Å². The van der Waals surface area contributed by atoms with Crippen LogP contribution in [0.2, 0.25) is 0 Å². The van der Waals surface area contributed by atoms with Gasteiger partial charge in [0.25, 0.3) is 0 Å². The van der Waals surface area contributed by atoms with Crippen molar-refractivity contribution >= 4 is 0 Å². The van der Waals surface area contributed by atoms with Gasteiger partial charge in [-0.3, -0.25) is 0 Å². The van der Waals surface area contributed by atoms with Crippen LogP contribution < -0.4 is 0 Å². The van der Waals surface area contributed by atoms with Gasteiger partial charge in [-0.05, 0) is 85.0 Å². The second kappa shape index (κ2) is 4.24. The highest BCUT2D eigenvalue weighted by molar-refractivity contribution is 5.40. The van der Waals surface area contributed by atoms with E-state index in [1.165, 1.54) is 30.4 Å². The number of aryl methyl sites for hydroxylation is 1. The van der Waals surface area contributed by atoms with Gasteiger partial charge in [0.15, 0.2) is 0 Å². The van der Waals surface area contributed by atoms with Crippen LogP contribution in [0.3, 0.4) is 0 Å². The summed E-state index contributed by atoms with van der Waals surface area (Å²) in [6.45, 7) is 2.32. The lowest BCUT2D eigenvalue weighted by Gasteiger charge is -2.50. The van der Waals surface area contributed by atoms with Crippen molar-refractivity contribution in [2.45, 2.75) is 57.5 Å². The Hall–Kier alpha value is -1.02. The van der Waals surface area contributed by atoms with Crippen molar-refractivity contribution in [3.63, 3.8) is 0 Å². The van der Waals surface area contributed by atoms with E-state index in [-0.39, 0.29) is 11.5 Å². The molecule has 2 saturated carbocycles. The Morgan fingerprint density at radius 2 is 2.00 bits per heavy atom. The van der Waals surface area contributed by atoms with E-state index in [0.717, 1.165) is 25.2 Å². The first-order chi connectivity index (χ1) is 9.59. The predicted molar refractivity (Wildman–Crippen MR) is 78.7 cm³/mol. The first-order valence-corrected chi connectivity index (χ1v) is 8.09. The lowest BCUT2D eigenvalue weighted by Crippen LogP contribution is -2.43. The minimum absolute atomic E-state index is 0.0883. The Morgan fingerprint density at radius 3 is 2.85 bits per heavy atom. The maximum absolute atomic E-state index is 10.4. The van der Waals surface area contributed by atoms with E-state index in [1.807, 2.05) is 12.1 Å². The number of phenolic OH excluding ortho intramolecular Hbond substituents is 1. The van der Waals surface area contributed by atoms with Crippen molar-refractivity contribution in [1.29, 1.82) is 0 Å². The summed E-state index contributed by atoms with van der Waals surface area (Å²) in [6, 6.07) is 5.96. The van der Waals surface area contributed by atoms with Crippen molar-refractivity contribution in [1.82, 2.24) is 0 Å². The monoisotopic (exact) mass is 272 g/mol. The molecule has 0 aromatic heterocycles. The number of aliphatic hydroxyl groups is 1. The van der Waals surface area contributed by atoms with Crippen molar-refractivity contribution in [2.75, 3.05) is 0 Å². The normalized spacial score (nSPS) is 42.7. The zero-order valence-corrected chi connectivity index (χ0v) is 12.2. The summed E-state index contributed by atoms with van der Waals surface area (Å²) in [5, 5.41) is 20.0. The zero-order valence-electron chi connectivity index (χ0n) is 12.2. The summed E-state index contributed by atoms with van der Waals surface area (Å²) in [4.78, 5) is 0. The van der Waals surface area contributed by atoms with E-state index in [4.69, 9.17) is 0 Å². The number of hydrogen-bond acceptors (Lipinski definition) is 2. The van der Waals surface area contributed by atoms with Gasteiger partial charge in [-0.15, -0.1) is 0 Å². The van der Waals surface area contributed by atoms with Gasteiger partial charge in [-0.1, -0.05) is 13.0 Å². The molecular formula is C18H24O2. The quantitative estimate of drug-likeness (QED) is 0.757. The summed E-state index contributed by atoms with van der Waals surface area (Å²) in [7, 11) is 0. The Labute approximate surface area is 120 Å². The molecule has 0 spiro atoms. The van der Waals surface area contributed by atoms with Gasteiger partial charge >= 0.3 is 0 Å². The summed E-state index contributed by atoms with van der Waals surface area (Å²) < 4.78 is 0. The number of benzene rings is 1. The van der Waals surface area contributed by atoms with E-state index < -0.39 is 0 Å². The molecule has 1 aromatic rings. The number of aliphatic hydroxyl groups excluding tert-OH is 1. The highest BCUT2D eigenvalue weighted by Crippen LogP contribution is 2.60. The standard InChI is InChI=1S/C18H24O2/c1-18-9-8-14-13-5-3-12(19)10-11(13)2-4-15(14)16(18)6-7-17(18)20/h3,5,10,14-17,19-20H,2,4,6-9H2,1H3/t14-,15+,16-,17?,18-/m0/s1. The van der Waals surface area contributed by atoms with E-state index in [2.05, 4.69) is 13.0 Å². The zero-order chi connectivity index (χ0) is 13.9. The van der Waals surface area contributed by atoms with Crippen LogP contribution in [0.4, 0.5) is 0 Å². The second-order valence-corrected chi connectivity index (χ2v) is 7.44. The van der Waals surface area contributed by atoms with Gasteiger partial charge < -0.3 is 10.2 Å². The Bertz CT molecular complexity index is 538. The fourth-order valence-corrected chi connectivity index (χ4v) is 5.54. The van der Waals surface area contributed by atoms with E-state index in [1.54, 1.807) is 0 Å². The van der Waals surface area contributed by atoms with Crippen LogP contribution in [0.25, 0.3) is 0 Å². The molecule has 1 aromatic carbocycles. The molecule has 4 rings (SSSR count). The van der Waals surface area contributed by atoms with Crippen molar-refractivity contribution in [3.05, 3.63) is 29.3 Å². The van der Waals surface area contributed by atoms with Crippen molar-refractivity contribution in [3.8, 4) is 5.75 Å². The Balaban J connectivity index is 1.71. The van der Waals surface area contributed by atoms with Gasteiger partial charge in [-0.2, -0.15) is 0 Å². The van der Waals surface area contributed by atoms with Crippen LogP contribution >= 0.6 is 0 Å². The van der Waals surface area contributed by atoms with Gasteiger partial charge in [0.05, 0.1) is 6.10 Å². The summed E-state index contributed by atoms with van der Waals surface area (Å²) >= 11 is 0. The number of aromatic hydroxyl groups is 1. The first kappa shape index (κ1) is 12.7. The molecule has 20 heavy (non-hydrogen) atoms. The van der Waals surface area contributed by atoms with Gasteiger partial charge in [0.2, 0.25) is 0 Å². The van der Waals surface area contributed by atoms with Gasteiger partial charge in [-0.25, -0.2) is 0 Å². The molecule has 108 valence electrons. The smallest absolute Gasteiger partial charge is 0.115 e. The molecule has 0 radical (unpaired) electrons. The fourth-order valence-electron chi connectivity index (χ4n) is 5.54. The molecule has 0 bridgehead atoms. The van der Waals surface area contributed by atoms with Crippen molar-refractivity contribution < 1.29 is 10.2 Å². The molecule has 3 aliphatic carbocycles. The molecule has 0 saturated heterocycles. The molecule has 5 atom stereocenters. The van der Waals surface area contributed by atoms with Gasteiger partial charge in [0.1, 0.15) is 5.75 Å². The molecule has 3 aliphatic rings. The maximum Gasteiger partial charge on any atom is 0.115 e. The third kappa shape index (κ3) is 1.60. The maximum atomic E-state index is 10.4. The second-order valence-electron chi connectivity index (χ2n) is 7.44. The van der Waals surface area contributed by atoms with Gasteiger partial charge in [0, 0.05) is 0 Å². The molecule has 2 N–H and O–H groups in total. The lowest BCUT2D eigenvalue weighted by molar-refractivity contribution is -0.0226. The SMILES string of the molecule is C[C@]12CC[C@H]3c4ccc(O)cc4CC[C@H]3[C@@H]1CCC2O. The van der Waals surface area contributed by atoms with Crippen LogP contribution in [0, 0.1) is 17.3 Å². The first-order valence-electron chi connectivity index (χ1n) is 8.09. The number of rotatable bonds is 0. The molecule has 0 heterocycles. The van der Waals surface area contributed by atoms with Crippen LogP contribution in [0.5, 0.6) is 5.75 Å². The van der Waals surface area contributed by atoms with Crippen LogP contribution in [0.15, 0.2) is 18.2 Å². The Morgan fingerprint density at radius 1 is 1.15 bits per heavy atom. The van der Waals surface area contributed by atoms with Crippen LogP contribution in [-0.4, -0.2) is 16.3 Å².